The van der Waals surface area contributed by atoms with Crippen molar-refractivity contribution >= 4 is 11.9 Å². The van der Waals surface area contributed by atoms with E-state index < -0.39 is 5.97 Å². The molecule has 1 fully saturated rings. The van der Waals surface area contributed by atoms with Gasteiger partial charge < -0.3 is 14.7 Å². The van der Waals surface area contributed by atoms with E-state index >= 15 is 0 Å². The first-order valence-electron chi connectivity index (χ1n) is 8.20. The Hall–Kier alpha value is -1.89. The number of aliphatic carboxylic acids is 1. The number of carboxylic acid groups (broad SMARTS) is 1. The second-order valence-electron chi connectivity index (χ2n) is 5.92. The standard InChI is InChI=1S/C16H25N3O4/c1-2-3-9-23-12-15(20)18-7-4-5-13(10-18)14-6-8-19(17-14)11-16(21)22/h6,8,13H,2-5,7,9-12H2,1H3,(H,21,22)/t13-/m1/s1. The van der Waals surface area contributed by atoms with Gasteiger partial charge in [-0.1, -0.05) is 13.3 Å². The van der Waals surface area contributed by atoms with E-state index in [9.17, 15) is 9.59 Å². The quantitative estimate of drug-likeness (QED) is 0.733. The van der Waals surface area contributed by atoms with Crippen LogP contribution in [0, 0.1) is 0 Å². The second-order valence-corrected chi connectivity index (χ2v) is 5.92. The molecule has 0 bridgehead atoms. The lowest BCUT2D eigenvalue weighted by atomic mass is 9.95. The van der Waals surface area contributed by atoms with Crippen LogP contribution in [0.4, 0.5) is 0 Å². The highest BCUT2D eigenvalue weighted by Gasteiger charge is 2.26. The first-order valence-corrected chi connectivity index (χ1v) is 8.20. The van der Waals surface area contributed by atoms with E-state index in [-0.39, 0.29) is 25.0 Å². The zero-order valence-electron chi connectivity index (χ0n) is 13.6. The molecule has 2 heterocycles. The molecule has 2 rings (SSSR count). The number of ether oxygens (including phenoxy) is 1. The summed E-state index contributed by atoms with van der Waals surface area (Å²) >= 11 is 0. The van der Waals surface area contributed by atoms with E-state index in [0.717, 1.165) is 37.9 Å². The number of hydrogen-bond acceptors (Lipinski definition) is 4. The molecule has 1 aliphatic heterocycles. The van der Waals surface area contributed by atoms with Gasteiger partial charge in [0.05, 0.1) is 5.69 Å². The topological polar surface area (TPSA) is 84.7 Å². The number of amides is 1. The first-order chi connectivity index (χ1) is 11.1. The van der Waals surface area contributed by atoms with Gasteiger partial charge >= 0.3 is 5.97 Å². The van der Waals surface area contributed by atoms with Crippen LogP contribution in [0.15, 0.2) is 12.3 Å². The Morgan fingerprint density at radius 1 is 1.48 bits per heavy atom. The molecule has 1 aromatic rings. The molecule has 23 heavy (non-hydrogen) atoms. The van der Waals surface area contributed by atoms with Crippen LogP contribution < -0.4 is 0 Å². The van der Waals surface area contributed by atoms with Gasteiger partial charge in [0.15, 0.2) is 0 Å². The number of carboxylic acids is 1. The molecular weight excluding hydrogens is 298 g/mol. The molecular formula is C16H25N3O4. The third kappa shape index (κ3) is 5.35. The molecule has 1 saturated heterocycles. The normalized spacial score (nSPS) is 18.1. The van der Waals surface area contributed by atoms with Crippen molar-refractivity contribution in [2.45, 2.75) is 45.1 Å². The molecule has 1 amide bonds. The van der Waals surface area contributed by atoms with Gasteiger partial charge in [0.25, 0.3) is 0 Å². The van der Waals surface area contributed by atoms with Crippen LogP contribution in [0.25, 0.3) is 0 Å². The van der Waals surface area contributed by atoms with Gasteiger partial charge in [-0.15, -0.1) is 0 Å². The summed E-state index contributed by atoms with van der Waals surface area (Å²) in [7, 11) is 0. The highest BCUT2D eigenvalue weighted by Crippen LogP contribution is 2.25. The van der Waals surface area contributed by atoms with Gasteiger partial charge in [-0.3, -0.25) is 14.3 Å². The van der Waals surface area contributed by atoms with E-state index in [1.807, 2.05) is 11.0 Å². The maximum atomic E-state index is 12.2. The number of carbonyl (C=O) groups excluding carboxylic acids is 1. The smallest absolute Gasteiger partial charge is 0.325 e. The number of hydrogen-bond donors (Lipinski definition) is 1. The minimum atomic E-state index is -0.913. The largest absolute Gasteiger partial charge is 0.480 e. The van der Waals surface area contributed by atoms with E-state index in [1.165, 1.54) is 4.68 Å². The summed E-state index contributed by atoms with van der Waals surface area (Å²) in [5, 5.41) is 13.1. The Bertz CT molecular complexity index is 529. The van der Waals surface area contributed by atoms with Gasteiger partial charge in [-0.25, -0.2) is 0 Å². The maximum Gasteiger partial charge on any atom is 0.325 e. The van der Waals surface area contributed by atoms with Crippen molar-refractivity contribution in [1.29, 1.82) is 0 Å². The van der Waals surface area contributed by atoms with Crippen molar-refractivity contribution in [3.8, 4) is 0 Å². The van der Waals surface area contributed by atoms with Crippen molar-refractivity contribution in [3.05, 3.63) is 18.0 Å². The molecule has 7 nitrogen and oxygen atoms in total. The first kappa shape index (κ1) is 17.5. The fourth-order valence-electron chi connectivity index (χ4n) is 2.76. The summed E-state index contributed by atoms with van der Waals surface area (Å²) in [6.45, 7) is 4.09. The Kier molecular flexibility index (Phi) is 6.58. The fraction of sp³-hybridized carbons (Fsp3) is 0.688. The molecule has 0 saturated carbocycles. The number of likely N-dealkylation sites (tertiary alicyclic amines) is 1. The van der Waals surface area contributed by atoms with Crippen LogP contribution in [0.1, 0.15) is 44.2 Å². The summed E-state index contributed by atoms with van der Waals surface area (Å²) in [6, 6.07) is 1.85. The predicted octanol–water partition coefficient (Wildman–Crippen LogP) is 1.49. The highest BCUT2D eigenvalue weighted by atomic mass is 16.5. The van der Waals surface area contributed by atoms with Gasteiger partial charge in [-0.05, 0) is 25.3 Å². The molecule has 0 aromatic carbocycles. The summed E-state index contributed by atoms with van der Waals surface area (Å²) < 4.78 is 6.82. The third-order valence-corrected chi connectivity index (χ3v) is 4.02. The monoisotopic (exact) mass is 323 g/mol. The van der Waals surface area contributed by atoms with Crippen molar-refractivity contribution in [2.75, 3.05) is 26.3 Å². The minimum absolute atomic E-state index is 0.0239. The van der Waals surface area contributed by atoms with Crippen LogP contribution in [0.5, 0.6) is 0 Å². The van der Waals surface area contributed by atoms with Crippen LogP contribution >= 0.6 is 0 Å². The number of aromatic nitrogens is 2. The summed E-state index contributed by atoms with van der Waals surface area (Å²) in [5.74, 6) is -0.724. The van der Waals surface area contributed by atoms with Crippen LogP contribution in [0.3, 0.4) is 0 Å². The van der Waals surface area contributed by atoms with E-state index in [0.29, 0.717) is 13.2 Å². The lowest BCUT2D eigenvalue weighted by molar-refractivity contribution is -0.138. The minimum Gasteiger partial charge on any atom is -0.480 e. The van der Waals surface area contributed by atoms with E-state index in [1.54, 1.807) is 6.20 Å². The molecule has 1 aliphatic rings. The highest BCUT2D eigenvalue weighted by molar-refractivity contribution is 5.77. The van der Waals surface area contributed by atoms with Crippen molar-refractivity contribution in [2.24, 2.45) is 0 Å². The number of nitrogens with zero attached hydrogens (tertiary/aromatic N) is 3. The molecule has 1 aromatic heterocycles. The number of piperidine rings is 1. The summed E-state index contributed by atoms with van der Waals surface area (Å²) in [6.07, 6.45) is 5.59. The fourth-order valence-corrected chi connectivity index (χ4v) is 2.76. The molecule has 0 unspecified atom stereocenters. The van der Waals surface area contributed by atoms with Crippen LogP contribution in [-0.2, 0) is 20.9 Å². The summed E-state index contributed by atoms with van der Waals surface area (Å²) in [4.78, 5) is 24.7. The van der Waals surface area contributed by atoms with Gasteiger partial charge in [0, 0.05) is 31.8 Å². The third-order valence-electron chi connectivity index (χ3n) is 4.02. The Balaban J connectivity index is 1.86. The Morgan fingerprint density at radius 3 is 3.04 bits per heavy atom. The predicted molar refractivity (Wildman–Crippen MR) is 84.1 cm³/mol. The molecule has 1 atom stereocenters. The average molecular weight is 323 g/mol. The lowest BCUT2D eigenvalue weighted by Gasteiger charge is -2.32. The van der Waals surface area contributed by atoms with Crippen LogP contribution in [-0.4, -0.2) is 58.0 Å². The Labute approximate surface area is 136 Å². The Morgan fingerprint density at radius 2 is 2.30 bits per heavy atom. The van der Waals surface area contributed by atoms with Crippen LogP contribution in [0.2, 0.25) is 0 Å². The second kappa shape index (κ2) is 8.67. The average Bonchev–Trinajstić information content (AvgIpc) is 2.99. The molecule has 128 valence electrons. The molecule has 1 N–H and O–H groups in total. The SMILES string of the molecule is CCCCOCC(=O)N1CCC[C@@H](c2ccn(CC(=O)O)n2)C1. The van der Waals surface area contributed by atoms with Gasteiger partial charge in [0.1, 0.15) is 13.2 Å². The molecule has 7 heteroatoms. The zero-order valence-corrected chi connectivity index (χ0v) is 13.6. The lowest BCUT2D eigenvalue weighted by Crippen LogP contribution is -2.41. The van der Waals surface area contributed by atoms with Gasteiger partial charge in [-0.2, -0.15) is 5.10 Å². The number of carbonyl (C=O) groups is 2. The molecule has 0 aliphatic carbocycles. The van der Waals surface area contributed by atoms with E-state index in [4.69, 9.17) is 9.84 Å². The van der Waals surface area contributed by atoms with Gasteiger partial charge in [0.2, 0.25) is 5.91 Å². The van der Waals surface area contributed by atoms with Crippen molar-refractivity contribution < 1.29 is 19.4 Å². The van der Waals surface area contributed by atoms with Crippen molar-refractivity contribution in [3.63, 3.8) is 0 Å². The van der Waals surface area contributed by atoms with E-state index in [2.05, 4.69) is 12.0 Å². The van der Waals surface area contributed by atoms with Crippen molar-refractivity contribution in [1.82, 2.24) is 14.7 Å². The molecule has 0 radical (unpaired) electrons. The zero-order chi connectivity index (χ0) is 16.7. The number of unbranched alkanes of at least 4 members (excludes halogenated alkanes) is 1. The number of rotatable bonds is 8. The maximum absolute atomic E-state index is 12.2. The summed E-state index contributed by atoms with van der Waals surface area (Å²) in [5.41, 5.74) is 0.857. The molecule has 0 spiro atoms.